The average Bonchev–Trinajstić information content (AvgIpc) is 3.13. The number of carbonyl (C=O) groups is 2. The number of carbonyl (C=O) groups excluding carboxylic acids is 2. The molecule has 160 valence electrons. The minimum absolute atomic E-state index is 0.0310. The number of hydrogen-bond acceptors (Lipinski definition) is 5. The Morgan fingerprint density at radius 2 is 1.93 bits per heavy atom. The summed E-state index contributed by atoms with van der Waals surface area (Å²) < 4.78 is 28.0. The van der Waals surface area contributed by atoms with Crippen LogP contribution in [0.2, 0.25) is 0 Å². The second-order valence-electron chi connectivity index (χ2n) is 7.58. The van der Waals surface area contributed by atoms with Gasteiger partial charge in [-0.3, -0.25) is 14.5 Å². The van der Waals surface area contributed by atoms with Gasteiger partial charge in [0, 0.05) is 44.7 Å². The van der Waals surface area contributed by atoms with E-state index in [0.717, 1.165) is 0 Å². The molecule has 2 N–H and O–H groups in total. The quantitative estimate of drug-likeness (QED) is 0.638. The molecule has 3 atom stereocenters. The van der Waals surface area contributed by atoms with E-state index in [4.69, 9.17) is 0 Å². The first-order valence-electron chi connectivity index (χ1n) is 10.2. The molecular formula is C20H30N4O4S. The average molecular weight is 423 g/mol. The van der Waals surface area contributed by atoms with Gasteiger partial charge in [-0.15, -0.1) is 0 Å². The highest BCUT2D eigenvalue weighted by atomic mass is 32.2. The Morgan fingerprint density at radius 1 is 1.24 bits per heavy atom. The van der Waals surface area contributed by atoms with E-state index in [1.165, 1.54) is 0 Å². The predicted octanol–water partition coefficient (Wildman–Crippen LogP) is 0.555. The molecule has 2 heterocycles. The zero-order valence-corrected chi connectivity index (χ0v) is 17.8. The lowest BCUT2D eigenvalue weighted by molar-refractivity contribution is -0.132. The van der Waals surface area contributed by atoms with Gasteiger partial charge in [0.2, 0.25) is 21.8 Å². The number of sulfonamides is 1. The largest absolute Gasteiger partial charge is 0.353 e. The molecule has 8 nitrogen and oxygen atoms in total. The van der Waals surface area contributed by atoms with Gasteiger partial charge in [0.25, 0.3) is 0 Å². The maximum absolute atomic E-state index is 12.6. The van der Waals surface area contributed by atoms with Crippen LogP contribution in [0, 0.1) is 0 Å². The summed E-state index contributed by atoms with van der Waals surface area (Å²) in [6, 6.07) is 7.58. The first-order valence-corrected chi connectivity index (χ1v) is 11.7. The van der Waals surface area contributed by atoms with Gasteiger partial charge in [-0.25, -0.2) is 13.1 Å². The Morgan fingerprint density at radius 3 is 2.59 bits per heavy atom. The molecule has 2 saturated heterocycles. The third-order valence-electron chi connectivity index (χ3n) is 5.81. The third-order valence-corrected chi connectivity index (χ3v) is 7.34. The molecule has 2 amide bonds. The second-order valence-corrected chi connectivity index (χ2v) is 9.30. The van der Waals surface area contributed by atoms with Gasteiger partial charge in [0.15, 0.2) is 0 Å². The summed E-state index contributed by atoms with van der Waals surface area (Å²) in [6.45, 7) is 6.25. The standard InChI is InChI=1S/C20H30N4O4S/c1-3-23(4-2)19(25)11-10-16-13-21-20(26)18-12-15(14-24(16)18)22-29(27,28)17-8-6-5-7-9-17/h5-9,15-16,18,22H,3-4,10-14H2,1-2H3,(H,21,26)/t15-,16+,18-/m0/s1. The third kappa shape index (κ3) is 4.96. The van der Waals surface area contributed by atoms with Crippen molar-refractivity contribution in [1.29, 1.82) is 0 Å². The van der Waals surface area contributed by atoms with Crippen LogP contribution in [-0.2, 0) is 19.6 Å². The van der Waals surface area contributed by atoms with Crippen LogP contribution in [0.4, 0.5) is 0 Å². The summed E-state index contributed by atoms with van der Waals surface area (Å²) in [5, 5.41) is 2.92. The van der Waals surface area contributed by atoms with Crippen molar-refractivity contribution >= 4 is 21.8 Å². The maximum Gasteiger partial charge on any atom is 0.240 e. The SMILES string of the molecule is CCN(CC)C(=O)CC[C@@H]1CNC(=O)[C@@H]2C[C@H](NS(=O)(=O)c3ccccc3)CN12. The molecule has 3 rings (SSSR count). The molecule has 29 heavy (non-hydrogen) atoms. The predicted molar refractivity (Wildman–Crippen MR) is 110 cm³/mol. The highest BCUT2D eigenvalue weighted by Crippen LogP contribution is 2.27. The van der Waals surface area contributed by atoms with Gasteiger partial charge in [-0.05, 0) is 38.8 Å². The molecule has 1 aromatic rings. The van der Waals surface area contributed by atoms with Crippen LogP contribution in [0.25, 0.3) is 0 Å². The van der Waals surface area contributed by atoms with E-state index in [2.05, 4.69) is 14.9 Å². The van der Waals surface area contributed by atoms with Crippen molar-refractivity contribution in [2.45, 2.75) is 56.1 Å². The number of amides is 2. The van der Waals surface area contributed by atoms with Gasteiger partial charge in [0.05, 0.1) is 10.9 Å². The molecule has 0 spiro atoms. The molecule has 0 aromatic heterocycles. The van der Waals surface area contributed by atoms with Crippen molar-refractivity contribution in [3.05, 3.63) is 30.3 Å². The molecule has 0 bridgehead atoms. The molecule has 0 saturated carbocycles. The number of benzene rings is 1. The Kier molecular flexibility index (Phi) is 6.92. The number of hydrogen-bond donors (Lipinski definition) is 2. The smallest absolute Gasteiger partial charge is 0.240 e. The molecule has 0 unspecified atom stereocenters. The van der Waals surface area contributed by atoms with Crippen molar-refractivity contribution in [3.8, 4) is 0 Å². The Balaban J connectivity index is 1.64. The molecule has 9 heteroatoms. The van der Waals surface area contributed by atoms with Crippen LogP contribution in [0.3, 0.4) is 0 Å². The lowest BCUT2D eigenvalue weighted by atomic mass is 10.0. The summed E-state index contributed by atoms with van der Waals surface area (Å²) >= 11 is 0. The van der Waals surface area contributed by atoms with Gasteiger partial charge in [-0.2, -0.15) is 0 Å². The molecule has 0 aliphatic carbocycles. The van der Waals surface area contributed by atoms with Gasteiger partial charge < -0.3 is 10.2 Å². The van der Waals surface area contributed by atoms with E-state index < -0.39 is 10.0 Å². The number of rotatable bonds is 8. The topological polar surface area (TPSA) is 98.8 Å². The van der Waals surface area contributed by atoms with Crippen molar-refractivity contribution in [3.63, 3.8) is 0 Å². The molecular weight excluding hydrogens is 392 g/mol. The molecule has 0 radical (unpaired) electrons. The monoisotopic (exact) mass is 422 g/mol. The zero-order valence-electron chi connectivity index (χ0n) is 17.0. The lowest BCUT2D eigenvalue weighted by Gasteiger charge is -2.37. The zero-order chi connectivity index (χ0) is 21.0. The van der Waals surface area contributed by atoms with Gasteiger partial charge in [0.1, 0.15) is 0 Å². The minimum Gasteiger partial charge on any atom is -0.353 e. The Bertz CT molecular complexity index is 826. The van der Waals surface area contributed by atoms with Crippen molar-refractivity contribution in [1.82, 2.24) is 19.8 Å². The van der Waals surface area contributed by atoms with Crippen LogP contribution in [0.5, 0.6) is 0 Å². The Labute approximate surface area is 172 Å². The Hall–Kier alpha value is -1.97. The molecule has 2 aliphatic heterocycles. The maximum atomic E-state index is 12.6. The second kappa shape index (κ2) is 9.23. The molecule has 2 aliphatic rings. The minimum atomic E-state index is -3.63. The fraction of sp³-hybridized carbons (Fsp3) is 0.600. The summed E-state index contributed by atoms with van der Waals surface area (Å²) in [5.41, 5.74) is 0. The van der Waals surface area contributed by atoms with E-state index in [9.17, 15) is 18.0 Å². The summed E-state index contributed by atoms with van der Waals surface area (Å²) in [5.74, 6) is 0.0432. The van der Waals surface area contributed by atoms with Crippen molar-refractivity contribution in [2.24, 2.45) is 0 Å². The highest BCUT2D eigenvalue weighted by Gasteiger charge is 2.44. The number of piperazine rings is 1. The summed E-state index contributed by atoms with van der Waals surface area (Å²) in [7, 11) is -3.63. The first-order chi connectivity index (χ1) is 13.9. The lowest BCUT2D eigenvalue weighted by Crippen LogP contribution is -2.58. The molecule has 2 fully saturated rings. The van der Waals surface area contributed by atoms with Gasteiger partial charge in [-0.1, -0.05) is 18.2 Å². The first kappa shape index (κ1) is 21.7. The fourth-order valence-corrected chi connectivity index (χ4v) is 5.50. The van der Waals surface area contributed by atoms with E-state index >= 15 is 0 Å². The molecule has 1 aromatic carbocycles. The number of nitrogens with one attached hydrogen (secondary N) is 2. The van der Waals surface area contributed by atoms with Crippen LogP contribution in [0.1, 0.15) is 33.1 Å². The van der Waals surface area contributed by atoms with E-state index in [1.54, 1.807) is 35.2 Å². The van der Waals surface area contributed by atoms with Crippen molar-refractivity contribution in [2.75, 3.05) is 26.2 Å². The summed E-state index contributed by atoms with van der Waals surface area (Å²) in [6.07, 6.45) is 1.49. The fourth-order valence-electron chi connectivity index (χ4n) is 4.24. The highest BCUT2D eigenvalue weighted by molar-refractivity contribution is 7.89. The van der Waals surface area contributed by atoms with Crippen LogP contribution >= 0.6 is 0 Å². The number of fused-ring (bicyclic) bond motifs is 1. The summed E-state index contributed by atoms with van der Waals surface area (Å²) in [4.78, 5) is 28.8. The van der Waals surface area contributed by atoms with Crippen LogP contribution < -0.4 is 10.0 Å². The van der Waals surface area contributed by atoms with E-state index in [1.807, 2.05) is 13.8 Å². The number of nitrogens with zero attached hydrogens (tertiary/aromatic N) is 2. The van der Waals surface area contributed by atoms with Crippen LogP contribution in [0.15, 0.2) is 35.2 Å². The van der Waals surface area contributed by atoms with Gasteiger partial charge >= 0.3 is 0 Å². The van der Waals surface area contributed by atoms with E-state index in [0.29, 0.717) is 45.4 Å². The van der Waals surface area contributed by atoms with Crippen LogP contribution in [-0.4, -0.2) is 74.3 Å². The normalized spacial score (nSPS) is 24.8. The van der Waals surface area contributed by atoms with Crippen molar-refractivity contribution < 1.29 is 18.0 Å². The van der Waals surface area contributed by atoms with E-state index in [-0.39, 0.29) is 34.8 Å².